The molecule has 0 saturated carbocycles. The molecule has 0 aromatic heterocycles. The van der Waals surface area contributed by atoms with Gasteiger partial charge in [-0.25, -0.2) is 0 Å². The van der Waals surface area contributed by atoms with Crippen molar-refractivity contribution < 1.29 is 9.53 Å². The standard InChI is InChI=1S/C12H10O2/c1-2-5-11(13)10-8-14-12-7-4-3-6-9(10)12/h1,3-4,6-7,10H,5,8H2. The topological polar surface area (TPSA) is 26.3 Å². The quantitative estimate of drug-likeness (QED) is 0.658. The summed E-state index contributed by atoms with van der Waals surface area (Å²) in [6, 6.07) is 7.59. The molecule has 0 fully saturated rings. The Morgan fingerprint density at radius 3 is 3.14 bits per heavy atom. The van der Waals surface area contributed by atoms with Gasteiger partial charge in [-0.2, -0.15) is 0 Å². The molecule has 2 heteroatoms. The molecule has 0 radical (unpaired) electrons. The molecular weight excluding hydrogens is 176 g/mol. The third-order valence-electron chi connectivity index (χ3n) is 2.36. The van der Waals surface area contributed by atoms with Gasteiger partial charge in [-0.15, -0.1) is 6.42 Å². The summed E-state index contributed by atoms with van der Waals surface area (Å²) in [5.74, 6) is 3.08. The van der Waals surface area contributed by atoms with Crippen molar-refractivity contribution in [2.45, 2.75) is 12.3 Å². The predicted molar refractivity (Wildman–Crippen MR) is 53.1 cm³/mol. The first-order chi connectivity index (χ1) is 6.83. The summed E-state index contributed by atoms with van der Waals surface area (Å²) < 4.78 is 5.39. The molecule has 1 atom stereocenters. The molecule has 0 saturated heterocycles. The van der Waals surface area contributed by atoms with E-state index in [-0.39, 0.29) is 18.1 Å². The lowest BCUT2D eigenvalue weighted by Gasteiger charge is -2.03. The van der Waals surface area contributed by atoms with Crippen molar-refractivity contribution in [3.63, 3.8) is 0 Å². The highest BCUT2D eigenvalue weighted by atomic mass is 16.5. The molecule has 0 spiro atoms. The zero-order valence-electron chi connectivity index (χ0n) is 7.69. The second-order valence-electron chi connectivity index (χ2n) is 3.25. The number of carbonyl (C=O) groups excluding carboxylic acids is 1. The van der Waals surface area contributed by atoms with Gasteiger partial charge >= 0.3 is 0 Å². The Kier molecular flexibility index (Phi) is 2.24. The summed E-state index contributed by atoms with van der Waals surface area (Å²) in [6.07, 6.45) is 5.29. The van der Waals surface area contributed by atoms with E-state index in [2.05, 4.69) is 5.92 Å². The SMILES string of the molecule is C#CCC(=O)C1COc2ccccc21. The molecule has 1 aromatic carbocycles. The monoisotopic (exact) mass is 186 g/mol. The molecule has 1 heterocycles. The minimum atomic E-state index is -0.165. The van der Waals surface area contributed by atoms with Crippen LogP contribution in [0.25, 0.3) is 0 Å². The Hall–Kier alpha value is -1.75. The molecule has 1 aromatic rings. The minimum absolute atomic E-state index is 0.0671. The highest BCUT2D eigenvalue weighted by Gasteiger charge is 2.28. The third-order valence-corrected chi connectivity index (χ3v) is 2.36. The van der Waals surface area contributed by atoms with E-state index in [4.69, 9.17) is 11.2 Å². The molecule has 0 bridgehead atoms. The van der Waals surface area contributed by atoms with Crippen LogP contribution < -0.4 is 4.74 Å². The Balaban J connectivity index is 2.27. The Morgan fingerprint density at radius 1 is 1.57 bits per heavy atom. The van der Waals surface area contributed by atoms with Gasteiger partial charge in [0.15, 0.2) is 5.78 Å². The first kappa shape index (κ1) is 8.83. The maximum Gasteiger partial charge on any atom is 0.155 e. The van der Waals surface area contributed by atoms with Crippen LogP contribution in [-0.4, -0.2) is 12.4 Å². The van der Waals surface area contributed by atoms with Gasteiger partial charge < -0.3 is 4.74 Å². The van der Waals surface area contributed by atoms with Crippen LogP contribution in [0.2, 0.25) is 0 Å². The molecular formula is C12H10O2. The average molecular weight is 186 g/mol. The largest absolute Gasteiger partial charge is 0.492 e. The van der Waals surface area contributed by atoms with Crippen LogP contribution in [0, 0.1) is 12.3 Å². The zero-order valence-corrected chi connectivity index (χ0v) is 7.69. The molecule has 14 heavy (non-hydrogen) atoms. The van der Waals surface area contributed by atoms with E-state index in [0.717, 1.165) is 11.3 Å². The second kappa shape index (κ2) is 3.55. The van der Waals surface area contributed by atoms with Crippen molar-refractivity contribution in [2.75, 3.05) is 6.61 Å². The van der Waals surface area contributed by atoms with Crippen molar-refractivity contribution in [3.05, 3.63) is 29.8 Å². The van der Waals surface area contributed by atoms with Crippen LogP contribution in [0.4, 0.5) is 0 Å². The highest BCUT2D eigenvalue weighted by molar-refractivity contribution is 5.89. The van der Waals surface area contributed by atoms with Crippen molar-refractivity contribution in [1.82, 2.24) is 0 Å². The zero-order chi connectivity index (χ0) is 9.97. The van der Waals surface area contributed by atoms with Crippen LogP contribution >= 0.6 is 0 Å². The normalized spacial score (nSPS) is 18.1. The lowest BCUT2D eigenvalue weighted by atomic mass is 9.95. The Labute approximate surface area is 82.9 Å². The molecule has 70 valence electrons. The summed E-state index contributed by atoms with van der Waals surface area (Å²) in [5, 5.41) is 0. The van der Waals surface area contributed by atoms with Gasteiger partial charge in [-0.3, -0.25) is 4.79 Å². The van der Waals surface area contributed by atoms with E-state index in [9.17, 15) is 4.79 Å². The van der Waals surface area contributed by atoms with Crippen LogP contribution in [-0.2, 0) is 4.79 Å². The van der Waals surface area contributed by atoms with Gasteiger partial charge in [0.2, 0.25) is 0 Å². The van der Waals surface area contributed by atoms with Gasteiger partial charge in [0.25, 0.3) is 0 Å². The fourth-order valence-corrected chi connectivity index (χ4v) is 1.65. The van der Waals surface area contributed by atoms with Crippen molar-refractivity contribution in [3.8, 4) is 18.1 Å². The van der Waals surface area contributed by atoms with Crippen molar-refractivity contribution in [2.24, 2.45) is 0 Å². The summed E-state index contributed by atoms with van der Waals surface area (Å²) in [5.41, 5.74) is 0.966. The molecule has 1 aliphatic rings. The second-order valence-corrected chi connectivity index (χ2v) is 3.25. The summed E-state index contributed by atoms with van der Waals surface area (Å²) in [7, 11) is 0. The number of Topliss-reactive ketones (excluding diaryl/α,β-unsaturated/α-hetero) is 1. The number of hydrogen-bond donors (Lipinski definition) is 0. The summed E-state index contributed by atoms with van der Waals surface area (Å²) >= 11 is 0. The highest BCUT2D eigenvalue weighted by Crippen LogP contribution is 2.34. The van der Waals surface area contributed by atoms with E-state index in [1.807, 2.05) is 24.3 Å². The number of fused-ring (bicyclic) bond motifs is 1. The third kappa shape index (κ3) is 1.38. The van der Waals surface area contributed by atoms with E-state index in [1.54, 1.807) is 0 Å². The number of ether oxygens (including phenoxy) is 1. The van der Waals surface area contributed by atoms with E-state index < -0.39 is 0 Å². The van der Waals surface area contributed by atoms with Gasteiger partial charge in [0.1, 0.15) is 12.4 Å². The van der Waals surface area contributed by atoms with Crippen LogP contribution in [0.5, 0.6) is 5.75 Å². The molecule has 0 amide bonds. The molecule has 0 aliphatic carbocycles. The van der Waals surface area contributed by atoms with E-state index >= 15 is 0 Å². The predicted octanol–water partition coefficient (Wildman–Crippen LogP) is 1.75. The van der Waals surface area contributed by atoms with Crippen LogP contribution in [0.1, 0.15) is 17.9 Å². The molecule has 2 nitrogen and oxygen atoms in total. The molecule has 2 rings (SSSR count). The smallest absolute Gasteiger partial charge is 0.155 e. The van der Waals surface area contributed by atoms with Gasteiger partial charge in [0, 0.05) is 5.56 Å². The number of terminal acetylenes is 1. The number of rotatable bonds is 2. The van der Waals surface area contributed by atoms with Gasteiger partial charge in [-0.05, 0) is 6.07 Å². The van der Waals surface area contributed by atoms with Crippen molar-refractivity contribution >= 4 is 5.78 Å². The summed E-state index contributed by atoms with van der Waals surface area (Å²) in [4.78, 5) is 11.6. The van der Waals surface area contributed by atoms with Crippen LogP contribution in [0.15, 0.2) is 24.3 Å². The number of ketones is 1. The number of benzene rings is 1. The summed E-state index contributed by atoms with van der Waals surface area (Å²) in [6.45, 7) is 0.430. The lowest BCUT2D eigenvalue weighted by molar-refractivity contribution is -0.119. The minimum Gasteiger partial charge on any atom is -0.492 e. The number of carbonyl (C=O) groups is 1. The molecule has 1 aliphatic heterocycles. The lowest BCUT2D eigenvalue weighted by Crippen LogP contribution is -2.12. The Bertz CT molecular complexity index is 401. The molecule has 1 unspecified atom stereocenters. The maximum atomic E-state index is 11.6. The van der Waals surface area contributed by atoms with Crippen LogP contribution in [0.3, 0.4) is 0 Å². The van der Waals surface area contributed by atoms with E-state index in [0.29, 0.717) is 6.61 Å². The van der Waals surface area contributed by atoms with Crippen molar-refractivity contribution in [1.29, 1.82) is 0 Å². The number of para-hydroxylation sites is 1. The van der Waals surface area contributed by atoms with E-state index in [1.165, 1.54) is 0 Å². The van der Waals surface area contributed by atoms with Gasteiger partial charge in [-0.1, -0.05) is 24.1 Å². The fraction of sp³-hybridized carbons (Fsp3) is 0.250. The Morgan fingerprint density at radius 2 is 2.36 bits per heavy atom. The first-order valence-corrected chi connectivity index (χ1v) is 4.51. The fourth-order valence-electron chi connectivity index (χ4n) is 1.65. The van der Waals surface area contributed by atoms with Gasteiger partial charge in [0.05, 0.1) is 12.3 Å². The molecule has 0 N–H and O–H groups in total. The average Bonchev–Trinajstić information content (AvgIpc) is 2.61. The first-order valence-electron chi connectivity index (χ1n) is 4.51. The number of hydrogen-bond acceptors (Lipinski definition) is 2. The maximum absolute atomic E-state index is 11.6.